The molecule has 1 N–H and O–H groups in total. The van der Waals surface area contributed by atoms with E-state index in [4.69, 9.17) is 0 Å². The minimum atomic E-state index is 0.0593. The van der Waals surface area contributed by atoms with Crippen molar-refractivity contribution in [3.8, 4) is 0 Å². The second-order valence-electron chi connectivity index (χ2n) is 5.13. The monoisotopic (exact) mass is 166 g/mol. The van der Waals surface area contributed by atoms with Crippen LogP contribution >= 0.6 is 0 Å². The SMILES string of the molecule is OC1CCC2CC23CCCCC13. The molecule has 68 valence electrons. The van der Waals surface area contributed by atoms with E-state index in [-0.39, 0.29) is 6.10 Å². The number of hydrogen-bond donors (Lipinski definition) is 1. The molecular formula is C11H18O. The molecule has 0 aromatic carbocycles. The molecule has 0 radical (unpaired) electrons. The fraction of sp³-hybridized carbons (Fsp3) is 1.00. The van der Waals surface area contributed by atoms with E-state index in [1.165, 1.54) is 38.5 Å². The first kappa shape index (κ1) is 7.37. The van der Waals surface area contributed by atoms with Crippen LogP contribution in [0, 0.1) is 17.3 Å². The summed E-state index contributed by atoms with van der Waals surface area (Å²) in [4.78, 5) is 0. The van der Waals surface area contributed by atoms with Crippen molar-refractivity contribution in [3.63, 3.8) is 0 Å². The highest BCUT2D eigenvalue weighted by atomic mass is 16.3. The van der Waals surface area contributed by atoms with Crippen LogP contribution in [-0.2, 0) is 0 Å². The van der Waals surface area contributed by atoms with E-state index in [1.54, 1.807) is 0 Å². The van der Waals surface area contributed by atoms with Gasteiger partial charge in [-0.2, -0.15) is 0 Å². The van der Waals surface area contributed by atoms with E-state index >= 15 is 0 Å². The van der Waals surface area contributed by atoms with E-state index in [1.807, 2.05) is 0 Å². The lowest BCUT2D eigenvalue weighted by atomic mass is 9.68. The van der Waals surface area contributed by atoms with Crippen LogP contribution in [0.3, 0.4) is 0 Å². The van der Waals surface area contributed by atoms with Gasteiger partial charge in [-0.05, 0) is 49.4 Å². The topological polar surface area (TPSA) is 20.2 Å². The highest BCUT2D eigenvalue weighted by Gasteiger charge is 2.62. The zero-order chi connectivity index (χ0) is 8.18. The van der Waals surface area contributed by atoms with Crippen LogP contribution in [0.2, 0.25) is 0 Å². The molecule has 3 rings (SSSR count). The van der Waals surface area contributed by atoms with Crippen molar-refractivity contribution >= 4 is 0 Å². The summed E-state index contributed by atoms with van der Waals surface area (Å²) in [5, 5.41) is 9.90. The van der Waals surface area contributed by atoms with Crippen LogP contribution in [0.5, 0.6) is 0 Å². The van der Waals surface area contributed by atoms with Gasteiger partial charge in [0, 0.05) is 0 Å². The zero-order valence-corrected chi connectivity index (χ0v) is 7.63. The van der Waals surface area contributed by atoms with E-state index in [9.17, 15) is 5.11 Å². The van der Waals surface area contributed by atoms with E-state index < -0.39 is 0 Å². The number of rotatable bonds is 0. The molecule has 0 bridgehead atoms. The number of aliphatic hydroxyl groups is 1. The predicted octanol–water partition coefficient (Wildman–Crippen LogP) is 2.34. The average Bonchev–Trinajstić information content (AvgIpc) is 2.78. The molecular weight excluding hydrogens is 148 g/mol. The van der Waals surface area contributed by atoms with Gasteiger partial charge >= 0.3 is 0 Å². The molecule has 3 aliphatic carbocycles. The summed E-state index contributed by atoms with van der Waals surface area (Å²) in [5.74, 6) is 1.72. The van der Waals surface area contributed by atoms with Crippen LogP contribution in [0.4, 0.5) is 0 Å². The van der Waals surface area contributed by atoms with Crippen LogP contribution in [-0.4, -0.2) is 11.2 Å². The molecule has 1 nitrogen and oxygen atoms in total. The Morgan fingerprint density at radius 3 is 2.83 bits per heavy atom. The Kier molecular flexibility index (Phi) is 1.39. The summed E-state index contributed by atoms with van der Waals surface area (Å²) in [6, 6.07) is 0. The number of aliphatic hydroxyl groups excluding tert-OH is 1. The van der Waals surface area contributed by atoms with Gasteiger partial charge in [0.1, 0.15) is 0 Å². The predicted molar refractivity (Wildman–Crippen MR) is 47.7 cm³/mol. The van der Waals surface area contributed by atoms with Crippen molar-refractivity contribution in [2.45, 2.75) is 51.0 Å². The minimum absolute atomic E-state index is 0.0593. The molecule has 0 aromatic rings. The summed E-state index contributed by atoms with van der Waals surface area (Å²) in [6.07, 6.45) is 9.47. The Morgan fingerprint density at radius 1 is 1.08 bits per heavy atom. The van der Waals surface area contributed by atoms with Crippen LogP contribution < -0.4 is 0 Å². The maximum atomic E-state index is 9.90. The van der Waals surface area contributed by atoms with Crippen molar-refractivity contribution in [2.24, 2.45) is 17.3 Å². The van der Waals surface area contributed by atoms with Gasteiger partial charge in [-0.15, -0.1) is 0 Å². The third-order valence-electron chi connectivity index (χ3n) is 4.70. The molecule has 3 saturated carbocycles. The van der Waals surface area contributed by atoms with Gasteiger partial charge in [-0.3, -0.25) is 0 Å². The van der Waals surface area contributed by atoms with E-state index in [0.717, 1.165) is 12.3 Å². The fourth-order valence-electron chi connectivity index (χ4n) is 3.99. The molecule has 0 aliphatic heterocycles. The molecule has 4 unspecified atom stereocenters. The molecule has 1 spiro atoms. The quantitative estimate of drug-likeness (QED) is 0.585. The molecule has 0 amide bonds. The van der Waals surface area contributed by atoms with Crippen LogP contribution in [0.25, 0.3) is 0 Å². The van der Waals surface area contributed by atoms with Gasteiger partial charge in [-0.1, -0.05) is 12.8 Å². The summed E-state index contributed by atoms with van der Waals surface area (Å²) in [5.41, 5.74) is 0.663. The van der Waals surface area contributed by atoms with Crippen molar-refractivity contribution in [1.82, 2.24) is 0 Å². The Morgan fingerprint density at radius 2 is 2.00 bits per heavy atom. The maximum Gasteiger partial charge on any atom is 0.0573 e. The van der Waals surface area contributed by atoms with E-state index in [2.05, 4.69) is 0 Å². The average molecular weight is 166 g/mol. The number of hydrogen-bond acceptors (Lipinski definition) is 1. The van der Waals surface area contributed by atoms with Gasteiger partial charge in [0.25, 0.3) is 0 Å². The molecule has 3 aliphatic rings. The van der Waals surface area contributed by atoms with Gasteiger partial charge in [0.2, 0.25) is 0 Å². The zero-order valence-electron chi connectivity index (χ0n) is 7.63. The molecule has 1 heteroatoms. The van der Waals surface area contributed by atoms with Gasteiger partial charge in [0.05, 0.1) is 6.10 Å². The highest BCUT2D eigenvalue weighted by molar-refractivity contribution is 5.11. The van der Waals surface area contributed by atoms with Crippen molar-refractivity contribution in [2.75, 3.05) is 0 Å². The van der Waals surface area contributed by atoms with Gasteiger partial charge in [-0.25, -0.2) is 0 Å². The first-order valence-electron chi connectivity index (χ1n) is 5.51. The maximum absolute atomic E-state index is 9.90. The Balaban J connectivity index is 1.87. The molecule has 0 aromatic heterocycles. The summed E-state index contributed by atoms with van der Waals surface area (Å²) in [7, 11) is 0. The normalized spacial score (nSPS) is 57.2. The smallest absolute Gasteiger partial charge is 0.0573 e. The lowest BCUT2D eigenvalue weighted by Gasteiger charge is -2.39. The Hall–Kier alpha value is -0.0400. The van der Waals surface area contributed by atoms with Crippen molar-refractivity contribution < 1.29 is 5.11 Å². The highest BCUT2D eigenvalue weighted by Crippen LogP contribution is 2.69. The third kappa shape index (κ3) is 0.783. The van der Waals surface area contributed by atoms with E-state index in [0.29, 0.717) is 11.3 Å². The summed E-state index contributed by atoms with van der Waals surface area (Å²) < 4.78 is 0. The van der Waals surface area contributed by atoms with Crippen LogP contribution in [0.1, 0.15) is 44.9 Å². The van der Waals surface area contributed by atoms with Gasteiger partial charge < -0.3 is 5.11 Å². The molecule has 12 heavy (non-hydrogen) atoms. The third-order valence-corrected chi connectivity index (χ3v) is 4.70. The first-order chi connectivity index (χ1) is 5.83. The minimum Gasteiger partial charge on any atom is -0.393 e. The Bertz CT molecular complexity index is 201. The molecule has 0 saturated heterocycles. The standard InChI is InChI=1S/C11H18O/c12-10-5-4-8-7-11(8)6-2-1-3-9(10)11/h8-10,12H,1-7H2. The first-order valence-corrected chi connectivity index (χ1v) is 5.51. The van der Waals surface area contributed by atoms with Crippen LogP contribution in [0.15, 0.2) is 0 Å². The Labute approximate surface area is 74.2 Å². The molecule has 0 heterocycles. The molecule has 3 fully saturated rings. The lowest BCUT2D eigenvalue weighted by Crippen LogP contribution is -2.36. The largest absolute Gasteiger partial charge is 0.393 e. The molecule has 4 atom stereocenters. The van der Waals surface area contributed by atoms with Crippen molar-refractivity contribution in [1.29, 1.82) is 0 Å². The summed E-state index contributed by atoms with van der Waals surface area (Å²) in [6.45, 7) is 0. The lowest BCUT2D eigenvalue weighted by molar-refractivity contribution is -0.000284. The fourth-order valence-corrected chi connectivity index (χ4v) is 3.99. The second-order valence-corrected chi connectivity index (χ2v) is 5.13. The summed E-state index contributed by atoms with van der Waals surface area (Å²) >= 11 is 0. The second kappa shape index (κ2) is 2.25. The van der Waals surface area contributed by atoms with Crippen molar-refractivity contribution in [3.05, 3.63) is 0 Å². The van der Waals surface area contributed by atoms with Gasteiger partial charge in [0.15, 0.2) is 0 Å².